The van der Waals surface area contributed by atoms with Crippen molar-refractivity contribution >= 4 is 17.9 Å². The van der Waals surface area contributed by atoms with Crippen LogP contribution in [0.5, 0.6) is 0 Å². The first-order valence-corrected chi connectivity index (χ1v) is 22.8. The van der Waals surface area contributed by atoms with Gasteiger partial charge in [-0.1, -0.05) is 165 Å². The van der Waals surface area contributed by atoms with Crippen LogP contribution in [0.4, 0.5) is 0 Å². The summed E-state index contributed by atoms with van der Waals surface area (Å²) in [6.07, 6.45) is 52.0. The summed E-state index contributed by atoms with van der Waals surface area (Å²) in [5, 5.41) is 0. The standard InChI is InChI=1S/C49H84O6/c1-4-7-10-13-16-19-22-23-24-25-28-31-34-37-40-43-49(52)55-46(44-53-47(50)41-38-35-32-29-26-20-17-14-11-8-5-2)45-54-48(51)42-39-36-33-30-27-21-18-15-12-9-6-3/h7,10,14-19,23-24,46H,4-6,8-9,11-13,20-22,25-45H2,1-3H3/b10-7-,17-14-,18-15-,19-16-,24-23-. The van der Waals surface area contributed by atoms with E-state index in [-0.39, 0.29) is 31.1 Å². The molecule has 0 heterocycles. The maximum atomic E-state index is 12.7. The fourth-order valence-corrected chi connectivity index (χ4v) is 6.00. The molecule has 0 atom stereocenters. The molecule has 0 N–H and O–H groups in total. The molecule has 0 rings (SSSR count). The molecule has 0 aromatic carbocycles. The Bertz CT molecular complexity index is 974. The lowest BCUT2D eigenvalue weighted by Crippen LogP contribution is -2.30. The summed E-state index contributed by atoms with van der Waals surface area (Å²) in [5.74, 6) is -0.929. The lowest BCUT2D eigenvalue weighted by Gasteiger charge is -2.18. The van der Waals surface area contributed by atoms with E-state index in [9.17, 15) is 14.4 Å². The Morgan fingerprint density at radius 1 is 0.382 bits per heavy atom. The van der Waals surface area contributed by atoms with Gasteiger partial charge < -0.3 is 14.2 Å². The van der Waals surface area contributed by atoms with Crippen LogP contribution in [0.2, 0.25) is 0 Å². The third-order valence-electron chi connectivity index (χ3n) is 9.48. The summed E-state index contributed by atoms with van der Waals surface area (Å²) < 4.78 is 16.7. The quantitative estimate of drug-likeness (QED) is 0.0267. The zero-order valence-corrected chi connectivity index (χ0v) is 35.9. The highest BCUT2D eigenvalue weighted by Gasteiger charge is 2.19. The van der Waals surface area contributed by atoms with Crippen LogP contribution in [0.25, 0.3) is 0 Å². The minimum absolute atomic E-state index is 0.0890. The maximum absolute atomic E-state index is 12.7. The van der Waals surface area contributed by atoms with Gasteiger partial charge in [0, 0.05) is 19.3 Å². The van der Waals surface area contributed by atoms with Gasteiger partial charge in [-0.15, -0.1) is 0 Å². The normalized spacial score (nSPS) is 12.1. The number of carbonyl (C=O) groups is 3. The van der Waals surface area contributed by atoms with Crippen LogP contribution in [-0.2, 0) is 28.6 Å². The Morgan fingerprint density at radius 3 is 1.13 bits per heavy atom. The lowest BCUT2D eigenvalue weighted by atomic mass is 10.1. The molecule has 0 aromatic rings. The molecule has 0 aliphatic carbocycles. The topological polar surface area (TPSA) is 78.9 Å². The Labute approximate surface area is 339 Å². The highest BCUT2D eigenvalue weighted by molar-refractivity contribution is 5.71. The number of hydrogen-bond acceptors (Lipinski definition) is 6. The molecule has 55 heavy (non-hydrogen) atoms. The molecule has 0 amide bonds. The average molecular weight is 769 g/mol. The number of hydrogen-bond donors (Lipinski definition) is 0. The fraction of sp³-hybridized carbons (Fsp3) is 0.735. The van der Waals surface area contributed by atoms with E-state index in [0.717, 1.165) is 109 Å². The first-order chi connectivity index (χ1) is 27.0. The molecular formula is C49H84O6. The van der Waals surface area contributed by atoms with Crippen LogP contribution in [0, 0.1) is 0 Å². The van der Waals surface area contributed by atoms with Gasteiger partial charge in [-0.05, 0) is 89.9 Å². The molecule has 0 spiro atoms. The van der Waals surface area contributed by atoms with Gasteiger partial charge in [0.05, 0.1) is 0 Å². The average Bonchev–Trinajstić information content (AvgIpc) is 3.18. The van der Waals surface area contributed by atoms with Crippen LogP contribution in [0.1, 0.15) is 213 Å². The zero-order chi connectivity index (χ0) is 40.1. The largest absolute Gasteiger partial charge is 0.462 e. The Kier molecular flexibility index (Phi) is 41.5. The lowest BCUT2D eigenvalue weighted by molar-refractivity contribution is -0.167. The van der Waals surface area contributed by atoms with Gasteiger partial charge in [0.25, 0.3) is 0 Å². The molecule has 6 heteroatoms. The van der Waals surface area contributed by atoms with Gasteiger partial charge in [-0.3, -0.25) is 14.4 Å². The van der Waals surface area contributed by atoms with Crippen molar-refractivity contribution in [2.45, 2.75) is 219 Å². The minimum Gasteiger partial charge on any atom is -0.462 e. The van der Waals surface area contributed by atoms with E-state index in [1.165, 1.54) is 64.2 Å². The van der Waals surface area contributed by atoms with Crippen molar-refractivity contribution in [3.05, 3.63) is 60.8 Å². The van der Waals surface area contributed by atoms with E-state index in [1.54, 1.807) is 0 Å². The number of carbonyl (C=O) groups excluding carboxylic acids is 3. The smallest absolute Gasteiger partial charge is 0.306 e. The highest BCUT2D eigenvalue weighted by Crippen LogP contribution is 2.13. The van der Waals surface area contributed by atoms with Gasteiger partial charge in [0.2, 0.25) is 0 Å². The molecule has 6 nitrogen and oxygen atoms in total. The van der Waals surface area contributed by atoms with E-state index in [1.807, 2.05) is 0 Å². The monoisotopic (exact) mass is 769 g/mol. The van der Waals surface area contributed by atoms with Crippen LogP contribution in [0.3, 0.4) is 0 Å². The first kappa shape index (κ1) is 52.1. The van der Waals surface area contributed by atoms with Crippen molar-refractivity contribution in [2.75, 3.05) is 13.2 Å². The number of unbranched alkanes of at least 4 members (excludes halogenated alkanes) is 19. The number of ether oxygens (including phenoxy) is 3. The molecular weight excluding hydrogens is 685 g/mol. The number of allylic oxidation sites excluding steroid dienone is 10. The van der Waals surface area contributed by atoms with E-state index in [2.05, 4.69) is 81.5 Å². The Hall–Kier alpha value is -2.89. The Balaban J connectivity index is 4.43. The van der Waals surface area contributed by atoms with Gasteiger partial charge in [-0.25, -0.2) is 0 Å². The minimum atomic E-state index is -0.786. The molecule has 0 saturated carbocycles. The highest BCUT2D eigenvalue weighted by atomic mass is 16.6. The molecule has 0 bridgehead atoms. The third kappa shape index (κ3) is 42.1. The fourth-order valence-electron chi connectivity index (χ4n) is 6.00. The SMILES string of the molecule is CC/C=C\C/C=C\C/C=C\CCCCCCCC(=O)OC(COC(=O)CCCCCCC/C=C\CCCC)COC(=O)CCCCCCC/C=C\CCCC. The summed E-state index contributed by atoms with van der Waals surface area (Å²) in [7, 11) is 0. The van der Waals surface area contributed by atoms with E-state index >= 15 is 0 Å². The molecule has 0 fully saturated rings. The van der Waals surface area contributed by atoms with Gasteiger partial charge in [-0.2, -0.15) is 0 Å². The molecule has 0 aromatic heterocycles. The maximum Gasteiger partial charge on any atom is 0.306 e. The van der Waals surface area contributed by atoms with Gasteiger partial charge in [0.1, 0.15) is 13.2 Å². The van der Waals surface area contributed by atoms with Gasteiger partial charge in [0.15, 0.2) is 6.10 Å². The van der Waals surface area contributed by atoms with Crippen LogP contribution in [0.15, 0.2) is 60.8 Å². The van der Waals surface area contributed by atoms with Crippen molar-refractivity contribution in [3.8, 4) is 0 Å². The molecule has 0 radical (unpaired) electrons. The van der Waals surface area contributed by atoms with Crippen LogP contribution >= 0.6 is 0 Å². The summed E-state index contributed by atoms with van der Waals surface area (Å²) in [4.78, 5) is 37.7. The second kappa shape index (κ2) is 43.8. The van der Waals surface area contributed by atoms with E-state index < -0.39 is 6.10 Å². The molecule has 316 valence electrons. The van der Waals surface area contributed by atoms with Crippen molar-refractivity contribution in [1.82, 2.24) is 0 Å². The van der Waals surface area contributed by atoms with Crippen molar-refractivity contribution in [1.29, 1.82) is 0 Å². The van der Waals surface area contributed by atoms with Crippen LogP contribution < -0.4 is 0 Å². The summed E-state index contributed by atoms with van der Waals surface area (Å²) >= 11 is 0. The van der Waals surface area contributed by atoms with Crippen molar-refractivity contribution in [3.63, 3.8) is 0 Å². The first-order valence-electron chi connectivity index (χ1n) is 22.8. The summed E-state index contributed by atoms with van der Waals surface area (Å²) in [5.41, 5.74) is 0. The Morgan fingerprint density at radius 2 is 0.709 bits per heavy atom. The molecule has 0 aliphatic heterocycles. The molecule has 0 unspecified atom stereocenters. The third-order valence-corrected chi connectivity index (χ3v) is 9.48. The summed E-state index contributed by atoms with van der Waals surface area (Å²) in [6, 6.07) is 0. The molecule has 0 saturated heterocycles. The molecule has 0 aliphatic rings. The summed E-state index contributed by atoms with van der Waals surface area (Å²) in [6.45, 7) is 6.40. The number of esters is 3. The van der Waals surface area contributed by atoms with Crippen LogP contribution in [-0.4, -0.2) is 37.2 Å². The zero-order valence-electron chi connectivity index (χ0n) is 35.9. The second-order valence-corrected chi connectivity index (χ2v) is 14.9. The predicted molar refractivity (Wildman–Crippen MR) is 233 cm³/mol. The van der Waals surface area contributed by atoms with Crippen molar-refractivity contribution < 1.29 is 28.6 Å². The van der Waals surface area contributed by atoms with E-state index in [4.69, 9.17) is 14.2 Å². The van der Waals surface area contributed by atoms with E-state index in [0.29, 0.717) is 19.3 Å². The number of rotatable bonds is 40. The predicted octanol–water partition coefficient (Wildman–Crippen LogP) is 14.5. The van der Waals surface area contributed by atoms with Crippen molar-refractivity contribution in [2.24, 2.45) is 0 Å². The van der Waals surface area contributed by atoms with Gasteiger partial charge >= 0.3 is 17.9 Å². The second-order valence-electron chi connectivity index (χ2n) is 14.9.